The lowest BCUT2D eigenvalue weighted by atomic mass is 10.00. The highest BCUT2D eigenvalue weighted by Crippen LogP contribution is 2.22. The van der Waals surface area contributed by atoms with E-state index in [-0.39, 0.29) is 18.2 Å². The van der Waals surface area contributed by atoms with Crippen LogP contribution < -0.4 is 10.6 Å². The molecule has 5 heteroatoms. The number of benzene rings is 1. The standard InChI is InChI=1S/C16H22N2O3/c1-2-11(8-15(19)20)10-18-16(21)13-5-6-14-12(9-13)4-3-7-17-14/h5-6,9,11,17H,2-4,7-8,10H2,1H3,(H,18,21)(H,19,20). The second kappa shape index (κ2) is 7.11. The zero-order chi connectivity index (χ0) is 15.2. The third-order valence-corrected chi connectivity index (χ3v) is 3.90. The maximum atomic E-state index is 12.2. The molecule has 0 bridgehead atoms. The summed E-state index contributed by atoms with van der Waals surface area (Å²) in [6.45, 7) is 3.31. The lowest BCUT2D eigenvalue weighted by Gasteiger charge is -2.19. The summed E-state index contributed by atoms with van der Waals surface area (Å²) >= 11 is 0. The van der Waals surface area contributed by atoms with E-state index in [9.17, 15) is 9.59 Å². The van der Waals surface area contributed by atoms with Gasteiger partial charge in [0.05, 0.1) is 0 Å². The van der Waals surface area contributed by atoms with Gasteiger partial charge in [-0.05, 0) is 42.5 Å². The van der Waals surface area contributed by atoms with E-state index in [0.717, 1.165) is 31.5 Å². The molecule has 1 unspecified atom stereocenters. The van der Waals surface area contributed by atoms with Crippen molar-refractivity contribution < 1.29 is 14.7 Å². The lowest BCUT2D eigenvalue weighted by Crippen LogP contribution is -2.30. The molecule has 0 aliphatic carbocycles. The molecule has 1 aromatic carbocycles. The normalized spacial score (nSPS) is 14.7. The molecule has 114 valence electrons. The summed E-state index contributed by atoms with van der Waals surface area (Å²) in [7, 11) is 0. The Hall–Kier alpha value is -2.04. The summed E-state index contributed by atoms with van der Waals surface area (Å²) in [6, 6.07) is 5.68. The van der Waals surface area contributed by atoms with Crippen LogP contribution in [-0.4, -0.2) is 30.1 Å². The van der Waals surface area contributed by atoms with Gasteiger partial charge >= 0.3 is 5.97 Å². The van der Waals surface area contributed by atoms with Crippen LogP contribution >= 0.6 is 0 Å². The third-order valence-electron chi connectivity index (χ3n) is 3.90. The molecule has 0 radical (unpaired) electrons. The number of carbonyl (C=O) groups excluding carboxylic acids is 1. The van der Waals surface area contributed by atoms with Gasteiger partial charge in [0.2, 0.25) is 0 Å². The predicted molar refractivity (Wildman–Crippen MR) is 81.6 cm³/mol. The minimum absolute atomic E-state index is 0.0225. The number of hydrogen-bond donors (Lipinski definition) is 3. The van der Waals surface area contributed by atoms with E-state index in [2.05, 4.69) is 10.6 Å². The minimum Gasteiger partial charge on any atom is -0.481 e. The Morgan fingerprint density at radius 3 is 2.95 bits per heavy atom. The first kappa shape index (κ1) is 15.4. The van der Waals surface area contributed by atoms with Crippen LogP contribution in [0.2, 0.25) is 0 Å². The number of nitrogens with one attached hydrogen (secondary N) is 2. The molecule has 21 heavy (non-hydrogen) atoms. The number of carboxylic acids is 1. The van der Waals surface area contributed by atoms with Crippen LogP contribution in [0, 0.1) is 5.92 Å². The van der Waals surface area contributed by atoms with Gasteiger partial charge in [-0.25, -0.2) is 0 Å². The first-order chi connectivity index (χ1) is 10.1. The number of aliphatic carboxylic acids is 1. The van der Waals surface area contributed by atoms with Crippen molar-refractivity contribution in [3.63, 3.8) is 0 Å². The van der Waals surface area contributed by atoms with E-state index in [1.807, 2.05) is 25.1 Å². The molecule has 1 heterocycles. The summed E-state index contributed by atoms with van der Waals surface area (Å²) < 4.78 is 0. The van der Waals surface area contributed by atoms with Gasteiger partial charge in [-0.3, -0.25) is 9.59 Å². The Morgan fingerprint density at radius 2 is 2.24 bits per heavy atom. The smallest absolute Gasteiger partial charge is 0.303 e. The molecule has 1 aliphatic rings. The van der Waals surface area contributed by atoms with Gasteiger partial charge in [0, 0.05) is 30.8 Å². The van der Waals surface area contributed by atoms with E-state index in [1.54, 1.807) is 0 Å². The largest absolute Gasteiger partial charge is 0.481 e. The molecule has 0 fully saturated rings. The van der Waals surface area contributed by atoms with Gasteiger partial charge in [-0.1, -0.05) is 13.3 Å². The second-order valence-corrected chi connectivity index (χ2v) is 5.48. The number of carboxylic acid groups (broad SMARTS) is 1. The number of carbonyl (C=O) groups is 2. The number of anilines is 1. The van der Waals surface area contributed by atoms with Crippen molar-refractivity contribution in [2.24, 2.45) is 5.92 Å². The monoisotopic (exact) mass is 290 g/mol. The zero-order valence-electron chi connectivity index (χ0n) is 12.3. The summed E-state index contributed by atoms with van der Waals surface area (Å²) in [5, 5.41) is 15.0. The molecule has 1 amide bonds. The van der Waals surface area contributed by atoms with Crippen molar-refractivity contribution in [3.05, 3.63) is 29.3 Å². The van der Waals surface area contributed by atoms with Crippen molar-refractivity contribution >= 4 is 17.6 Å². The zero-order valence-corrected chi connectivity index (χ0v) is 12.3. The van der Waals surface area contributed by atoms with Gasteiger partial charge in [-0.15, -0.1) is 0 Å². The maximum absolute atomic E-state index is 12.2. The van der Waals surface area contributed by atoms with Crippen LogP contribution in [0.5, 0.6) is 0 Å². The molecule has 1 atom stereocenters. The number of rotatable bonds is 6. The fraction of sp³-hybridized carbons (Fsp3) is 0.500. The van der Waals surface area contributed by atoms with Crippen molar-refractivity contribution in [1.29, 1.82) is 0 Å². The van der Waals surface area contributed by atoms with E-state index in [0.29, 0.717) is 12.1 Å². The summed E-state index contributed by atoms with van der Waals surface area (Å²) in [5.74, 6) is -0.978. The van der Waals surface area contributed by atoms with E-state index in [1.165, 1.54) is 5.56 Å². The quantitative estimate of drug-likeness (QED) is 0.751. The molecular formula is C16H22N2O3. The molecule has 3 N–H and O–H groups in total. The Kier molecular flexibility index (Phi) is 5.20. The Bertz CT molecular complexity index is 528. The number of amides is 1. The van der Waals surface area contributed by atoms with Crippen LogP contribution in [-0.2, 0) is 11.2 Å². The van der Waals surface area contributed by atoms with Gasteiger partial charge in [0.1, 0.15) is 0 Å². The molecule has 0 saturated carbocycles. The highest BCUT2D eigenvalue weighted by atomic mass is 16.4. The minimum atomic E-state index is -0.823. The highest BCUT2D eigenvalue weighted by molar-refractivity contribution is 5.95. The van der Waals surface area contributed by atoms with Crippen molar-refractivity contribution in [3.8, 4) is 0 Å². The van der Waals surface area contributed by atoms with Crippen LogP contribution in [0.25, 0.3) is 0 Å². The number of hydrogen-bond acceptors (Lipinski definition) is 3. The van der Waals surface area contributed by atoms with Crippen LogP contribution in [0.4, 0.5) is 5.69 Å². The second-order valence-electron chi connectivity index (χ2n) is 5.48. The molecular weight excluding hydrogens is 268 g/mol. The fourth-order valence-corrected chi connectivity index (χ4v) is 2.56. The molecule has 1 aliphatic heterocycles. The topological polar surface area (TPSA) is 78.4 Å². The first-order valence-electron chi connectivity index (χ1n) is 7.47. The Labute approximate surface area is 124 Å². The molecule has 0 saturated heterocycles. The van der Waals surface area contributed by atoms with Crippen molar-refractivity contribution in [2.75, 3.05) is 18.4 Å². The molecule has 1 aromatic rings. The fourth-order valence-electron chi connectivity index (χ4n) is 2.56. The van der Waals surface area contributed by atoms with E-state index < -0.39 is 5.97 Å². The van der Waals surface area contributed by atoms with Crippen LogP contribution in [0.1, 0.15) is 42.1 Å². The predicted octanol–water partition coefficient (Wildman–Crippen LogP) is 2.28. The third kappa shape index (κ3) is 4.21. The Balaban J connectivity index is 1.95. The summed E-state index contributed by atoms with van der Waals surface area (Å²) in [6.07, 6.45) is 2.89. The highest BCUT2D eigenvalue weighted by Gasteiger charge is 2.15. The average Bonchev–Trinajstić information content (AvgIpc) is 2.50. The maximum Gasteiger partial charge on any atom is 0.303 e. The molecule has 5 nitrogen and oxygen atoms in total. The SMILES string of the molecule is CCC(CNC(=O)c1ccc2c(c1)CCCN2)CC(=O)O. The molecule has 0 spiro atoms. The lowest BCUT2D eigenvalue weighted by molar-refractivity contribution is -0.138. The van der Waals surface area contributed by atoms with Gasteiger partial charge in [0.25, 0.3) is 5.91 Å². The van der Waals surface area contributed by atoms with Crippen molar-refractivity contribution in [1.82, 2.24) is 5.32 Å². The van der Waals surface area contributed by atoms with E-state index >= 15 is 0 Å². The van der Waals surface area contributed by atoms with E-state index in [4.69, 9.17) is 5.11 Å². The molecule has 2 rings (SSSR count). The Morgan fingerprint density at radius 1 is 1.43 bits per heavy atom. The van der Waals surface area contributed by atoms with Gasteiger partial charge in [0.15, 0.2) is 0 Å². The summed E-state index contributed by atoms with van der Waals surface area (Å²) in [5.41, 5.74) is 2.92. The van der Waals surface area contributed by atoms with Gasteiger partial charge < -0.3 is 15.7 Å². The van der Waals surface area contributed by atoms with Crippen LogP contribution in [0.3, 0.4) is 0 Å². The first-order valence-corrected chi connectivity index (χ1v) is 7.47. The van der Waals surface area contributed by atoms with Gasteiger partial charge in [-0.2, -0.15) is 0 Å². The molecule has 0 aromatic heterocycles. The summed E-state index contributed by atoms with van der Waals surface area (Å²) in [4.78, 5) is 22.9. The van der Waals surface area contributed by atoms with Crippen molar-refractivity contribution in [2.45, 2.75) is 32.6 Å². The van der Waals surface area contributed by atoms with Crippen LogP contribution in [0.15, 0.2) is 18.2 Å². The average molecular weight is 290 g/mol. The number of fused-ring (bicyclic) bond motifs is 1. The number of aryl methyl sites for hydroxylation is 1.